The number of carbonyl (C=O) groups is 1. The number of benzene rings is 2. The first-order chi connectivity index (χ1) is 13.6. The molecule has 0 spiro atoms. The monoisotopic (exact) mass is 392 g/mol. The number of pyridine rings is 1. The Bertz CT molecular complexity index is 1190. The first kappa shape index (κ1) is 18.3. The van der Waals surface area contributed by atoms with Gasteiger partial charge in [0.15, 0.2) is 10.8 Å². The van der Waals surface area contributed by atoms with Crippen molar-refractivity contribution in [1.29, 1.82) is 0 Å². The molecule has 1 N–H and O–H groups in total. The second-order valence-corrected chi connectivity index (χ2v) is 7.50. The number of thioether (sulfide) groups is 1. The van der Waals surface area contributed by atoms with Crippen LogP contribution in [0.3, 0.4) is 0 Å². The van der Waals surface area contributed by atoms with Gasteiger partial charge in [-0.3, -0.25) is 9.20 Å². The van der Waals surface area contributed by atoms with E-state index in [1.807, 2.05) is 53.8 Å². The molecule has 0 fully saturated rings. The van der Waals surface area contributed by atoms with Crippen LogP contribution in [0.1, 0.15) is 11.1 Å². The highest BCUT2D eigenvalue weighted by Gasteiger charge is 2.14. The van der Waals surface area contributed by atoms with E-state index in [1.165, 1.54) is 11.8 Å². The molecule has 0 aliphatic heterocycles. The molecule has 4 rings (SSSR count). The van der Waals surface area contributed by atoms with E-state index >= 15 is 0 Å². The Labute approximate surface area is 166 Å². The van der Waals surface area contributed by atoms with Gasteiger partial charge in [-0.15, -0.1) is 10.2 Å². The van der Waals surface area contributed by atoms with Gasteiger partial charge in [-0.25, -0.2) is 0 Å². The Morgan fingerprint density at radius 3 is 2.79 bits per heavy atom. The number of methoxy groups -OCH3 is 1. The summed E-state index contributed by atoms with van der Waals surface area (Å²) >= 11 is 1.36. The molecule has 2 aromatic heterocycles. The molecule has 0 bridgehead atoms. The first-order valence-corrected chi connectivity index (χ1v) is 9.86. The van der Waals surface area contributed by atoms with Gasteiger partial charge in [-0.2, -0.15) is 0 Å². The number of hydrogen-bond acceptors (Lipinski definition) is 5. The second kappa shape index (κ2) is 7.52. The van der Waals surface area contributed by atoms with Crippen molar-refractivity contribution in [2.45, 2.75) is 19.0 Å². The third-order valence-electron chi connectivity index (χ3n) is 4.54. The lowest BCUT2D eigenvalue weighted by Crippen LogP contribution is -2.15. The summed E-state index contributed by atoms with van der Waals surface area (Å²) in [6, 6.07) is 15.8. The molecule has 1 amide bonds. The van der Waals surface area contributed by atoms with Crippen LogP contribution in [0, 0.1) is 13.8 Å². The molecule has 28 heavy (non-hydrogen) atoms. The van der Waals surface area contributed by atoms with E-state index in [2.05, 4.69) is 28.5 Å². The maximum Gasteiger partial charge on any atom is 0.234 e. The fourth-order valence-electron chi connectivity index (χ4n) is 3.20. The largest absolute Gasteiger partial charge is 0.495 e. The molecular weight excluding hydrogens is 372 g/mol. The van der Waals surface area contributed by atoms with Gasteiger partial charge in [0.2, 0.25) is 5.91 Å². The molecule has 7 heteroatoms. The third kappa shape index (κ3) is 3.41. The summed E-state index contributed by atoms with van der Waals surface area (Å²) in [5.41, 5.74) is 4.68. The van der Waals surface area contributed by atoms with Crippen molar-refractivity contribution >= 4 is 39.9 Å². The maximum absolute atomic E-state index is 12.5. The van der Waals surface area contributed by atoms with Crippen LogP contribution in [-0.4, -0.2) is 33.4 Å². The molecule has 2 aromatic carbocycles. The van der Waals surface area contributed by atoms with Crippen molar-refractivity contribution in [3.63, 3.8) is 0 Å². The number of nitrogens with zero attached hydrogens (tertiary/aromatic N) is 3. The molecule has 0 atom stereocenters. The van der Waals surface area contributed by atoms with Gasteiger partial charge < -0.3 is 10.1 Å². The van der Waals surface area contributed by atoms with E-state index in [1.54, 1.807) is 7.11 Å². The van der Waals surface area contributed by atoms with E-state index in [0.717, 1.165) is 27.7 Å². The van der Waals surface area contributed by atoms with E-state index in [-0.39, 0.29) is 11.7 Å². The number of anilines is 1. The van der Waals surface area contributed by atoms with Crippen LogP contribution in [0.2, 0.25) is 0 Å². The van der Waals surface area contributed by atoms with Gasteiger partial charge in [0.05, 0.1) is 24.1 Å². The molecule has 0 saturated heterocycles. The number of fused-ring (bicyclic) bond motifs is 3. The highest BCUT2D eigenvalue weighted by atomic mass is 32.2. The van der Waals surface area contributed by atoms with Crippen molar-refractivity contribution in [2.75, 3.05) is 18.2 Å². The lowest BCUT2D eigenvalue weighted by molar-refractivity contribution is -0.113. The van der Waals surface area contributed by atoms with E-state index in [0.29, 0.717) is 16.6 Å². The molecular formula is C21H20N4O2S. The van der Waals surface area contributed by atoms with Gasteiger partial charge in [-0.1, -0.05) is 36.0 Å². The van der Waals surface area contributed by atoms with Crippen LogP contribution in [0.15, 0.2) is 53.7 Å². The minimum absolute atomic E-state index is 0.123. The molecule has 0 unspecified atom stereocenters. The predicted molar refractivity (Wildman–Crippen MR) is 112 cm³/mol. The number of carbonyl (C=O) groups excluding carboxylic acids is 1. The lowest BCUT2D eigenvalue weighted by atomic mass is 10.1. The highest BCUT2D eigenvalue weighted by Crippen LogP contribution is 2.27. The van der Waals surface area contributed by atoms with Crippen molar-refractivity contribution in [2.24, 2.45) is 0 Å². The van der Waals surface area contributed by atoms with Crippen LogP contribution in [0.4, 0.5) is 5.69 Å². The van der Waals surface area contributed by atoms with Gasteiger partial charge in [0.1, 0.15) is 5.75 Å². The average Bonchev–Trinajstić information content (AvgIpc) is 3.10. The molecule has 0 radical (unpaired) electrons. The number of amides is 1. The zero-order chi connectivity index (χ0) is 19.7. The number of aromatic nitrogens is 3. The average molecular weight is 392 g/mol. The Morgan fingerprint density at radius 1 is 1.14 bits per heavy atom. The number of rotatable bonds is 5. The second-order valence-electron chi connectivity index (χ2n) is 6.56. The SMILES string of the molecule is COc1ccc(C)cc1NC(=O)CSc1nnc2cc(C)c3ccccc3n12. The van der Waals surface area contributed by atoms with Crippen molar-refractivity contribution in [3.8, 4) is 5.75 Å². The third-order valence-corrected chi connectivity index (χ3v) is 5.46. The molecule has 142 valence electrons. The summed E-state index contributed by atoms with van der Waals surface area (Å²) < 4.78 is 7.31. The Kier molecular flexibility index (Phi) is 4.92. The number of ether oxygens (including phenoxy) is 1. The fourth-order valence-corrected chi connectivity index (χ4v) is 3.96. The summed E-state index contributed by atoms with van der Waals surface area (Å²) in [7, 11) is 1.59. The van der Waals surface area contributed by atoms with Crippen LogP contribution < -0.4 is 10.1 Å². The van der Waals surface area contributed by atoms with E-state index in [4.69, 9.17) is 4.74 Å². The molecule has 0 aliphatic rings. The van der Waals surface area contributed by atoms with Gasteiger partial charge in [0.25, 0.3) is 0 Å². The van der Waals surface area contributed by atoms with E-state index < -0.39 is 0 Å². The molecule has 2 heterocycles. The van der Waals surface area contributed by atoms with Gasteiger partial charge in [-0.05, 0) is 49.2 Å². The van der Waals surface area contributed by atoms with Crippen molar-refractivity contribution in [1.82, 2.24) is 14.6 Å². The van der Waals surface area contributed by atoms with Crippen molar-refractivity contribution in [3.05, 3.63) is 59.7 Å². The highest BCUT2D eigenvalue weighted by molar-refractivity contribution is 7.99. The Hall–Kier alpha value is -3.06. The normalized spacial score (nSPS) is 11.1. The smallest absolute Gasteiger partial charge is 0.234 e. The molecule has 0 saturated carbocycles. The summed E-state index contributed by atoms with van der Waals surface area (Å²) in [4.78, 5) is 12.5. The van der Waals surface area contributed by atoms with E-state index in [9.17, 15) is 4.79 Å². The minimum Gasteiger partial charge on any atom is -0.495 e. The predicted octanol–water partition coefficient (Wildman–Crippen LogP) is 4.24. The maximum atomic E-state index is 12.5. The number of aryl methyl sites for hydroxylation is 2. The quantitative estimate of drug-likeness (QED) is 0.515. The Balaban J connectivity index is 1.57. The Morgan fingerprint density at radius 2 is 1.96 bits per heavy atom. The first-order valence-electron chi connectivity index (χ1n) is 8.87. The van der Waals surface area contributed by atoms with Gasteiger partial charge in [0, 0.05) is 5.39 Å². The van der Waals surface area contributed by atoms with Crippen LogP contribution in [0.5, 0.6) is 5.75 Å². The summed E-state index contributed by atoms with van der Waals surface area (Å²) in [5, 5.41) is 13.3. The summed E-state index contributed by atoms with van der Waals surface area (Å²) in [6.07, 6.45) is 0. The van der Waals surface area contributed by atoms with Crippen LogP contribution in [-0.2, 0) is 4.79 Å². The number of para-hydroxylation sites is 1. The lowest BCUT2D eigenvalue weighted by Gasteiger charge is -2.11. The van der Waals surface area contributed by atoms with Crippen LogP contribution >= 0.6 is 11.8 Å². The van der Waals surface area contributed by atoms with Crippen LogP contribution in [0.25, 0.3) is 16.6 Å². The fraction of sp³-hybridized carbons (Fsp3) is 0.190. The van der Waals surface area contributed by atoms with Gasteiger partial charge >= 0.3 is 0 Å². The standard InChI is InChI=1S/C21H20N4O2S/c1-13-8-9-18(27-3)16(10-13)22-20(26)12-28-21-24-23-19-11-14(2)15-6-4-5-7-17(15)25(19)21/h4-11H,12H2,1-3H3,(H,22,26). The summed E-state index contributed by atoms with van der Waals surface area (Å²) in [6.45, 7) is 4.03. The number of nitrogens with one attached hydrogen (secondary N) is 1. The van der Waals surface area contributed by atoms with Crippen molar-refractivity contribution < 1.29 is 9.53 Å². The molecule has 0 aliphatic carbocycles. The summed E-state index contributed by atoms with van der Waals surface area (Å²) in [5.74, 6) is 0.737. The molecule has 4 aromatic rings. The zero-order valence-electron chi connectivity index (χ0n) is 15.9. The number of hydrogen-bond donors (Lipinski definition) is 1. The zero-order valence-corrected chi connectivity index (χ0v) is 16.7. The molecule has 6 nitrogen and oxygen atoms in total. The topological polar surface area (TPSA) is 68.5 Å². The minimum atomic E-state index is -0.123.